The molecule has 0 saturated carbocycles. The SMILES string of the molecule is CSc1cncc(CN)c1. The molecule has 0 saturated heterocycles. The van der Waals surface area contributed by atoms with Crippen LogP contribution in [0.25, 0.3) is 0 Å². The van der Waals surface area contributed by atoms with E-state index < -0.39 is 0 Å². The van der Waals surface area contributed by atoms with Gasteiger partial charge in [0, 0.05) is 23.8 Å². The maximum atomic E-state index is 5.42. The van der Waals surface area contributed by atoms with Crippen molar-refractivity contribution in [1.82, 2.24) is 4.98 Å². The molecule has 0 aliphatic heterocycles. The van der Waals surface area contributed by atoms with E-state index in [4.69, 9.17) is 5.73 Å². The topological polar surface area (TPSA) is 38.9 Å². The van der Waals surface area contributed by atoms with Gasteiger partial charge in [-0.15, -0.1) is 11.8 Å². The molecule has 0 amide bonds. The maximum Gasteiger partial charge on any atom is 0.0404 e. The zero-order valence-electron chi connectivity index (χ0n) is 5.87. The molecule has 1 aromatic rings. The van der Waals surface area contributed by atoms with Crippen LogP contribution in [0.5, 0.6) is 0 Å². The lowest BCUT2D eigenvalue weighted by Crippen LogP contribution is -1.96. The third-order valence-corrected chi connectivity index (χ3v) is 1.94. The number of nitrogens with two attached hydrogens (primary N) is 1. The minimum Gasteiger partial charge on any atom is -0.326 e. The van der Waals surface area contributed by atoms with E-state index in [1.54, 1.807) is 18.0 Å². The highest BCUT2D eigenvalue weighted by molar-refractivity contribution is 7.98. The van der Waals surface area contributed by atoms with Gasteiger partial charge < -0.3 is 5.73 Å². The minimum absolute atomic E-state index is 0.571. The summed E-state index contributed by atoms with van der Waals surface area (Å²) >= 11 is 1.68. The molecule has 0 spiro atoms. The lowest BCUT2D eigenvalue weighted by Gasteiger charge is -1.97. The van der Waals surface area contributed by atoms with Gasteiger partial charge in [0.1, 0.15) is 0 Å². The number of hydrogen-bond acceptors (Lipinski definition) is 3. The Labute approximate surface area is 64.8 Å². The first kappa shape index (κ1) is 7.57. The molecule has 0 aliphatic rings. The quantitative estimate of drug-likeness (QED) is 0.652. The van der Waals surface area contributed by atoms with Crippen LogP contribution < -0.4 is 5.73 Å². The number of hydrogen-bond donors (Lipinski definition) is 1. The fourth-order valence-electron chi connectivity index (χ4n) is 0.687. The van der Waals surface area contributed by atoms with Crippen LogP contribution in [-0.4, -0.2) is 11.2 Å². The molecule has 2 N–H and O–H groups in total. The van der Waals surface area contributed by atoms with Crippen molar-refractivity contribution in [3.05, 3.63) is 24.0 Å². The van der Waals surface area contributed by atoms with E-state index in [1.165, 1.54) is 4.90 Å². The molecule has 0 unspecified atom stereocenters. The summed E-state index contributed by atoms with van der Waals surface area (Å²) in [6.07, 6.45) is 5.65. The molecular formula is C7H10N2S. The summed E-state index contributed by atoms with van der Waals surface area (Å²) < 4.78 is 0. The molecule has 0 atom stereocenters. The van der Waals surface area contributed by atoms with Crippen molar-refractivity contribution in [3.8, 4) is 0 Å². The molecule has 0 bridgehead atoms. The molecule has 1 heterocycles. The summed E-state index contributed by atoms with van der Waals surface area (Å²) in [5, 5.41) is 0. The Morgan fingerprint density at radius 2 is 2.40 bits per heavy atom. The van der Waals surface area contributed by atoms with Crippen molar-refractivity contribution in [3.63, 3.8) is 0 Å². The Bertz CT molecular complexity index is 193. The van der Waals surface area contributed by atoms with Crippen molar-refractivity contribution in [2.75, 3.05) is 6.26 Å². The summed E-state index contributed by atoms with van der Waals surface area (Å²) in [6, 6.07) is 2.05. The van der Waals surface area contributed by atoms with Crippen molar-refractivity contribution >= 4 is 11.8 Å². The average Bonchev–Trinajstić information content (AvgIpc) is 2.05. The van der Waals surface area contributed by atoms with Gasteiger partial charge in [-0.2, -0.15) is 0 Å². The van der Waals surface area contributed by atoms with Gasteiger partial charge in [-0.05, 0) is 17.9 Å². The van der Waals surface area contributed by atoms with Gasteiger partial charge in [-0.25, -0.2) is 0 Å². The zero-order valence-corrected chi connectivity index (χ0v) is 6.69. The molecule has 10 heavy (non-hydrogen) atoms. The third-order valence-electron chi connectivity index (χ3n) is 1.24. The van der Waals surface area contributed by atoms with E-state index in [0.717, 1.165) is 5.56 Å². The van der Waals surface area contributed by atoms with E-state index in [2.05, 4.69) is 11.1 Å². The van der Waals surface area contributed by atoms with Gasteiger partial charge >= 0.3 is 0 Å². The first-order valence-electron chi connectivity index (χ1n) is 3.05. The highest BCUT2D eigenvalue weighted by Gasteiger charge is 1.91. The highest BCUT2D eigenvalue weighted by Crippen LogP contribution is 2.13. The van der Waals surface area contributed by atoms with Crippen LogP contribution in [0, 0.1) is 0 Å². The van der Waals surface area contributed by atoms with Gasteiger partial charge in [-0.1, -0.05) is 0 Å². The number of aromatic nitrogens is 1. The van der Waals surface area contributed by atoms with Crippen molar-refractivity contribution in [1.29, 1.82) is 0 Å². The van der Waals surface area contributed by atoms with Crippen molar-refractivity contribution in [2.45, 2.75) is 11.4 Å². The number of pyridine rings is 1. The molecule has 3 heteroatoms. The average molecular weight is 154 g/mol. The predicted octanol–water partition coefficient (Wildman–Crippen LogP) is 1.26. The van der Waals surface area contributed by atoms with E-state index in [9.17, 15) is 0 Å². The summed E-state index contributed by atoms with van der Waals surface area (Å²) in [5.74, 6) is 0. The number of nitrogens with zero attached hydrogens (tertiary/aromatic N) is 1. The van der Waals surface area contributed by atoms with Crippen LogP contribution in [0.3, 0.4) is 0 Å². The van der Waals surface area contributed by atoms with Crippen LogP contribution in [0.4, 0.5) is 0 Å². The summed E-state index contributed by atoms with van der Waals surface area (Å²) in [6.45, 7) is 0.571. The standard InChI is InChI=1S/C7H10N2S/c1-10-7-2-6(3-8)4-9-5-7/h2,4-5H,3,8H2,1H3. The van der Waals surface area contributed by atoms with Gasteiger partial charge in [-0.3, -0.25) is 4.98 Å². The Morgan fingerprint density at radius 1 is 1.60 bits per heavy atom. The van der Waals surface area contributed by atoms with Gasteiger partial charge in [0.2, 0.25) is 0 Å². The number of rotatable bonds is 2. The van der Waals surface area contributed by atoms with Gasteiger partial charge in [0.05, 0.1) is 0 Å². The molecule has 0 aliphatic carbocycles. The van der Waals surface area contributed by atoms with Crippen LogP contribution in [0.1, 0.15) is 5.56 Å². The van der Waals surface area contributed by atoms with E-state index in [-0.39, 0.29) is 0 Å². The fraction of sp³-hybridized carbons (Fsp3) is 0.286. The second kappa shape index (κ2) is 3.58. The fourth-order valence-corrected chi connectivity index (χ4v) is 1.12. The van der Waals surface area contributed by atoms with Crippen LogP contribution in [0.15, 0.2) is 23.4 Å². The van der Waals surface area contributed by atoms with E-state index in [1.807, 2.05) is 12.5 Å². The molecule has 54 valence electrons. The van der Waals surface area contributed by atoms with Gasteiger partial charge in [0.25, 0.3) is 0 Å². The second-order valence-corrected chi connectivity index (χ2v) is 2.82. The smallest absolute Gasteiger partial charge is 0.0404 e. The second-order valence-electron chi connectivity index (χ2n) is 1.94. The Hall–Kier alpha value is -0.540. The van der Waals surface area contributed by atoms with E-state index in [0.29, 0.717) is 6.54 Å². The molecule has 1 rings (SSSR count). The van der Waals surface area contributed by atoms with Crippen molar-refractivity contribution in [2.24, 2.45) is 5.73 Å². The monoisotopic (exact) mass is 154 g/mol. The first-order chi connectivity index (χ1) is 4.86. The predicted molar refractivity (Wildman–Crippen MR) is 43.9 cm³/mol. The van der Waals surface area contributed by atoms with Crippen LogP contribution in [0.2, 0.25) is 0 Å². The summed E-state index contributed by atoms with van der Waals surface area (Å²) in [5.41, 5.74) is 6.51. The Kier molecular flexibility index (Phi) is 2.71. The Balaban J connectivity index is 2.87. The molecule has 1 aromatic heterocycles. The highest BCUT2D eigenvalue weighted by atomic mass is 32.2. The molecule has 0 fully saturated rings. The molecule has 0 radical (unpaired) electrons. The normalized spacial score (nSPS) is 9.80. The maximum absolute atomic E-state index is 5.42. The zero-order chi connectivity index (χ0) is 7.40. The largest absolute Gasteiger partial charge is 0.326 e. The molecule has 2 nitrogen and oxygen atoms in total. The third kappa shape index (κ3) is 1.72. The van der Waals surface area contributed by atoms with Crippen molar-refractivity contribution < 1.29 is 0 Å². The van der Waals surface area contributed by atoms with E-state index >= 15 is 0 Å². The molecule has 0 aromatic carbocycles. The summed E-state index contributed by atoms with van der Waals surface area (Å²) in [7, 11) is 0. The van der Waals surface area contributed by atoms with Crippen LogP contribution >= 0.6 is 11.8 Å². The lowest BCUT2D eigenvalue weighted by atomic mass is 10.3. The lowest BCUT2D eigenvalue weighted by molar-refractivity contribution is 1.03. The Morgan fingerprint density at radius 3 is 3.00 bits per heavy atom. The van der Waals surface area contributed by atoms with Crippen LogP contribution in [-0.2, 0) is 6.54 Å². The molecular weight excluding hydrogens is 144 g/mol. The minimum atomic E-state index is 0.571. The van der Waals surface area contributed by atoms with Gasteiger partial charge in [0.15, 0.2) is 0 Å². The summed E-state index contributed by atoms with van der Waals surface area (Å²) in [4.78, 5) is 5.19. The first-order valence-corrected chi connectivity index (χ1v) is 4.27. The number of thioether (sulfide) groups is 1.